The highest BCUT2D eigenvalue weighted by molar-refractivity contribution is 7.11. The topological polar surface area (TPSA) is 43.4 Å². The van der Waals surface area contributed by atoms with Gasteiger partial charge in [0.15, 0.2) is 11.5 Å². The third kappa shape index (κ3) is 2.83. The Morgan fingerprint density at radius 1 is 1.19 bits per heavy atom. The predicted octanol–water partition coefficient (Wildman–Crippen LogP) is 4.44. The molecule has 112 valence electrons. The van der Waals surface area contributed by atoms with E-state index in [1.807, 2.05) is 39.0 Å². The average molecular weight is 304 g/mol. The van der Waals surface area contributed by atoms with Crippen LogP contribution >= 0.6 is 11.3 Å². The minimum Gasteiger partial charge on any atom is -0.449 e. The number of nitrogens with one attached hydrogen (secondary N) is 1. The number of aromatic nitrogens is 1. The summed E-state index contributed by atoms with van der Waals surface area (Å²) in [5.74, 6) is 0.983. The normalized spacial score (nSPS) is 16.8. The van der Waals surface area contributed by atoms with Gasteiger partial charge in [-0.1, -0.05) is 0 Å². The van der Waals surface area contributed by atoms with Gasteiger partial charge in [-0.05, 0) is 32.9 Å². The SMILES string of the molecule is Cc1nc(C(C)Nc2ccc3c(c2)OC(C)(C)O3)c(C)s1. The van der Waals surface area contributed by atoms with Gasteiger partial charge < -0.3 is 14.8 Å². The fourth-order valence-corrected chi connectivity index (χ4v) is 3.49. The molecule has 0 amide bonds. The standard InChI is InChI=1S/C16H20N2O2S/c1-9(15-10(2)21-11(3)18-15)17-12-6-7-13-14(8-12)20-16(4,5)19-13/h6-9,17H,1-5H3. The quantitative estimate of drug-likeness (QED) is 0.910. The van der Waals surface area contributed by atoms with Gasteiger partial charge >= 0.3 is 0 Å². The molecule has 4 nitrogen and oxygen atoms in total. The minimum absolute atomic E-state index is 0.156. The second-order valence-electron chi connectivity index (χ2n) is 5.81. The molecule has 0 saturated carbocycles. The monoisotopic (exact) mass is 304 g/mol. The van der Waals surface area contributed by atoms with Gasteiger partial charge in [0, 0.05) is 30.5 Å². The molecule has 1 unspecified atom stereocenters. The number of nitrogens with zero attached hydrogens (tertiary/aromatic N) is 1. The number of anilines is 1. The van der Waals surface area contributed by atoms with E-state index in [1.54, 1.807) is 11.3 Å². The van der Waals surface area contributed by atoms with E-state index in [9.17, 15) is 0 Å². The molecule has 0 aliphatic carbocycles. The maximum Gasteiger partial charge on any atom is 0.246 e. The summed E-state index contributed by atoms with van der Waals surface area (Å²) >= 11 is 1.73. The van der Waals surface area contributed by atoms with E-state index in [0.29, 0.717) is 0 Å². The van der Waals surface area contributed by atoms with Crippen molar-refractivity contribution in [2.24, 2.45) is 0 Å². The summed E-state index contributed by atoms with van der Waals surface area (Å²) in [6.07, 6.45) is 0. The number of ether oxygens (including phenoxy) is 2. The van der Waals surface area contributed by atoms with Crippen molar-refractivity contribution in [2.45, 2.75) is 46.4 Å². The molecule has 1 aromatic heterocycles. The van der Waals surface area contributed by atoms with Crippen LogP contribution in [0, 0.1) is 13.8 Å². The Balaban J connectivity index is 1.79. The van der Waals surface area contributed by atoms with Crippen LogP contribution in [0.4, 0.5) is 5.69 Å². The first-order valence-corrected chi connectivity index (χ1v) is 7.88. The van der Waals surface area contributed by atoms with Crippen molar-refractivity contribution < 1.29 is 9.47 Å². The molecule has 5 heteroatoms. The van der Waals surface area contributed by atoms with Gasteiger partial charge in [0.2, 0.25) is 5.79 Å². The third-order valence-electron chi connectivity index (χ3n) is 3.39. The summed E-state index contributed by atoms with van der Waals surface area (Å²) in [5.41, 5.74) is 2.11. The lowest BCUT2D eigenvalue weighted by atomic mass is 10.2. The van der Waals surface area contributed by atoms with E-state index in [0.717, 1.165) is 27.9 Å². The van der Waals surface area contributed by atoms with Crippen LogP contribution in [0.2, 0.25) is 0 Å². The molecule has 2 aromatic rings. The molecule has 0 bridgehead atoms. The highest BCUT2D eigenvalue weighted by Gasteiger charge is 2.31. The Morgan fingerprint density at radius 3 is 2.57 bits per heavy atom. The number of aryl methyl sites for hydroxylation is 2. The molecule has 3 rings (SSSR count). The lowest BCUT2D eigenvalue weighted by molar-refractivity contribution is -0.0431. The van der Waals surface area contributed by atoms with Crippen LogP contribution in [0.25, 0.3) is 0 Å². The molecular weight excluding hydrogens is 284 g/mol. The molecule has 1 aliphatic rings. The summed E-state index contributed by atoms with van der Waals surface area (Å²) < 4.78 is 11.5. The van der Waals surface area contributed by atoms with Gasteiger partial charge in [0.1, 0.15) is 0 Å². The first kappa shape index (κ1) is 14.2. The van der Waals surface area contributed by atoms with Gasteiger partial charge in [0.25, 0.3) is 0 Å². The van der Waals surface area contributed by atoms with Crippen LogP contribution in [0.5, 0.6) is 11.5 Å². The molecule has 1 aliphatic heterocycles. The first-order chi connectivity index (χ1) is 9.84. The summed E-state index contributed by atoms with van der Waals surface area (Å²) in [6, 6.07) is 6.09. The summed E-state index contributed by atoms with van der Waals surface area (Å²) in [7, 11) is 0. The number of benzene rings is 1. The Kier molecular flexibility index (Phi) is 3.32. The zero-order valence-corrected chi connectivity index (χ0v) is 13.8. The van der Waals surface area contributed by atoms with Gasteiger partial charge in [-0.15, -0.1) is 11.3 Å². The van der Waals surface area contributed by atoms with Crippen molar-refractivity contribution >= 4 is 17.0 Å². The second kappa shape index (κ2) is 4.91. The van der Waals surface area contributed by atoms with Crippen molar-refractivity contribution in [3.05, 3.63) is 33.8 Å². The van der Waals surface area contributed by atoms with Crippen LogP contribution in [0.3, 0.4) is 0 Å². The van der Waals surface area contributed by atoms with E-state index < -0.39 is 5.79 Å². The molecule has 0 fully saturated rings. The highest BCUT2D eigenvalue weighted by atomic mass is 32.1. The predicted molar refractivity (Wildman–Crippen MR) is 85.4 cm³/mol. The smallest absolute Gasteiger partial charge is 0.246 e. The summed E-state index contributed by atoms with van der Waals surface area (Å²) in [5, 5.41) is 4.58. The zero-order chi connectivity index (χ0) is 15.2. The Bertz CT molecular complexity index is 679. The van der Waals surface area contributed by atoms with E-state index in [-0.39, 0.29) is 6.04 Å². The number of hydrogen-bond acceptors (Lipinski definition) is 5. The van der Waals surface area contributed by atoms with E-state index >= 15 is 0 Å². The number of rotatable bonds is 3. The van der Waals surface area contributed by atoms with Crippen molar-refractivity contribution in [2.75, 3.05) is 5.32 Å². The number of fused-ring (bicyclic) bond motifs is 1. The average Bonchev–Trinajstić information content (AvgIpc) is 2.86. The van der Waals surface area contributed by atoms with Gasteiger partial charge in [-0.25, -0.2) is 4.98 Å². The first-order valence-electron chi connectivity index (χ1n) is 7.06. The molecule has 1 aromatic carbocycles. The van der Waals surface area contributed by atoms with Gasteiger partial charge in [-0.3, -0.25) is 0 Å². The van der Waals surface area contributed by atoms with Crippen molar-refractivity contribution in [3.63, 3.8) is 0 Å². The van der Waals surface area contributed by atoms with E-state index in [1.165, 1.54) is 4.88 Å². The molecule has 0 radical (unpaired) electrons. The lowest BCUT2D eigenvalue weighted by Crippen LogP contribution is -2.29. The molecule has 2 heterocycles. The molecule has 21 heavy (non-hydrogen) atoms. The fraction of sp³-hybridized carbons (Fsp3) is 0.438. The zero-order valence-electron chi connectivity index (χ0n) is 13.0. The van der Waals surface area contributed by atoms with Crippen LogP contribution < -0.4 is 14.8 Å². The minimum atomic E-state index is -0.588. The van der Waals surface area contributed by atoms with Gasteiger partial charge in [-0.2, -0.15) is 0 Å². The largest absolute Gasteiger partial charge is 0.449 e. The molecule has 0 spiro atoms. The maximum absolute atomic E-state index is 5.77. The van der Waals surface area contributed by atoms with Crippen LogP contribution in [0.1, 0.15) is 42.4 Å². The van der Waals surface area contributed by atoms with E-state index in [2.05, 4.69) is 24.1 Å². The van der Waals surface area contributed by atoms with Crippen LogP contribution in [-0.2, 0) is 0 Å². The van der Waals surface area contributed by atoms with Crippen LogP contribution in [-0.4, -0.2) is 10.8 Å². The summed E-state index contributed by atoms with van der Waals surface area (Å²) in [4.78, 5) is 5.86. The molecule has 1 N–H and O–H groups in total. The van der Waals surface area contributed by atoms with Gasteiger partial charge in [0.05, 0.1) is 16.7 Å². The second-order valence-corrected chi connectivity index (χ2v) is 7.21. The fourth-order valence-electron chi connectivity index (χ4n) is 2.58. The summed E-state index contributed by atoms with van der Waals surface area (Å²) in [6.45, 7) is 10.1. The Labute approximate surface area is 129 Å². The van der Waals surface area contributed by atoms with E-state index in [4.69, 9.17) is 9.47 Å². The Morgan fingerprint density at radius 2 is 1.90 bits per heavy atom. The lowest BCUT2D eigenvalue weighted by Gasteiger charge is -2.16. The van der Waals surface area contributed by atoms with Crippen molar-refractivity contribution in [1.82, 2.24) is 4.98 Å². The Hall–Kier alpha value is -1.75. The molecule has 0 saturated heterocycles. The highest BCUT2D eigenvalue weighted by Crippen LogP contribution is 2.41. The van der Waals surface area contributed by atoms with Crippen molar-refractivity contribution in [1.29, 1.82) is 0 Å². The number of thiazole rings is 1. The number of hydrogen-bond donors (Lipinski definition) is 1. The third-order valence-corrected chi connectivity index (χ3v) is 4.29. The van der Waals surface area contributed by atoms with Crippen LogP contribution in [0.15, 0.2) is 18.2 Å². The maximum atomic E-state index is 5.77. The molecule has 1 atom stereocenters. The molecular formula is C16H20N2O2S. The van der Waals surface area contributed by atoms with Crippen molar-refractivity contribution in [3.8, 4) is 11.5 Å².